The normalized spacial score (nSPS) is 11.7. The molecule has 0 saturated carbocycles. The number of carbonyl (C=O) groups is 1. The molecule has 5 aromatic rings. The van der Waals surface area contributed by atoms with E-state index < -0.39 is 29.0 Å². The summed E-state index contributed by atoms with van der Waals surface area (Å²) in [6.07, 6.45) is -4.92. The maximum atomic E-state index is 14.7. The van der Waals surface area contributed by atoms with Gasteiger partial charge in [-0.3, -0.25) is 4.79 Å². The number of benzene rings is 3. The highest BCUT2D eigenvalue weighted by Crippen LogP contribution is 2.41. The SMILES string of the molecule is CCOc1ccc2c(c1)c(C(=O)c1noc(-c3ccccc3)n1)c(C(F)(F)F)n2Cc1ccc(Cl)cc1Cl. The molecule has 5 rings (SSSR count). The quantitative estimate of drug-likeness (QED) is 0.191. The van der Waals surface area contributed by atoms with E-state index >= 15 is 0 Å². The molecule has 2 aromatic heterocycles. The van der Waals surface area contributed by atoms with Crippen LogP contribution in [0, 0.1) is 0 Å². The van der Waals surface area contributed by atoms with Crippen molar-refractivity contribution >= 4 is 39.9 Å². The fourth-order valence-electron chi connectivity index (χ4n) is 4.22. The van der Waals surface area contributed by atoms with Gasteiger partial charge in [-0.15, -0.1) is 0 Å². The smallest absolute Gasteiger partial charge is 0.432 e. The predicted molar refractivity (Wildman–Crippen MR) is 137 cm³/mol. The summed E-state index contributed by atoms with van der Waals surface area (Å²) in [5, 5.41) is 4.26. The topological polar surface area (TPSA) is 70.2 Å². The Labute approximate surface area is 224 Å². The molecule has 0 aliphatic rings. The Hall–Kier alpha value is -3.82. The van der Waals surface area contributed by atoms with Gasteiger partial charge >= 0.3 is 6.18 Å². The fraction of sp³-hybridized carbons (Fsp3) is 0.148. The van der Waals surface area contributed by atoms with Crippen molar-refractivity contribution in [3.63, 3.8) is 0 Å². The molecule has 0 atom stereocenters. The van der Waals surface area contributed by atoms with Crippen LogP contribution in [0.2, 0.25) is 10.0 Å². The lowest BCUT2D eigenvalue weighted by Crippen LogP contribution is -2.19. The highest BCUT2D eigenvalue weighted by Gasteiger charge is 2.42. The second kappa shape index (κ2) is 10.2. The van der Waals surface area contributed by atoms with Crippen LogP contribution >= 0.6 is 23.2 Å². The molecule has 11 heteroatoms. The molecule has 0 aliphatic carbocycles. The Kier molecular flexibility index (Phi) is 6.90. The first kappa shape index (κ1) is 25.8. The lowest BCUT2D eigenvalue weighted by molar-refractivity contribution is -0.143. The van der Waals surface area contributed by atoms with Crippen LogP contribution < -0.4 is 4.74 Å². The van der Waals surface area contributed by atoms with Crippen molar-refractivity contribution in [3.05, 3.63) is 99.4 Å². The largest absolute Gasteiger partial charge is 0.494 e. The van der Waals surface area contributed by atoms with Gasteiger partial charge in [0.2, 0.25) is 11.6 Å². The third kappa shape index (κ3) is 4.87. The number of hydrogen-bond acceptors (Lipinski definition) is 5. The highest BCUT2D eigenvalue weighted by molar-refractivity contribution is 6.35. The lowest BCUT2D eigenvalue weighted by Gasteiger charge is -2.15. The molecule has 0 amide bonds. The predicted octanol–water partition coefficient (Wildman–Crippen LogP) is 7.69. The minimum absolute atomic E-state index is 0.00852. The first-order valence-corrected chi connectivity index (χ1v) is 12.2. The van der Waals surface area contributed by atoms with E-state index in [4.69, 9.17) is 32.5 Å². The summed E-state index contributed by atoms with van der Waals surface area (Å²) in [7, 11) is 0. The monoisotopic (exact) mass is 559 g/mol. The van der Waals surface area contributed by atoms with E-state index in [1.165, 1.54) is 30.3 Å². The first-order chi connectivity index (χ1) is 18.2. The third-order valence-corrected chi connectivity index (χ3v) is 6.42. The van der Waals surface area contributed by atoms with E-state index in [1.807, 2.05) is 0 Å². The third-order valence-electron chi connectivity index (χ3n) is 5.83. The van der Waals surface area contributed by atoms with E-state index in [2.05, 4.69) is 10.1 Å². The van der Waals surface area contributed by atoms with E-state index in [1.54, 1.807) is 43.3 Å². The second-order valence-electron chi connectivity index (χ2n) is 8.27. The molecule has 0 N–H and O–H groups in total. The summed E-state index contributed by atoms with van der Waals surface area (Å²) < 4.78 is 55.8. The number of ether oxygens (including phenoxy) is 1. The Bertz CT molecular complexity index is 1650. The van der Waals surface area contributed by atoms with Gasteiger partial charge in [0.1, 0.15) is 11.4 Å². The molecule has 38 heavy (non-hydrogen) atoms. The first-order valence-electron chi connectivity index (χ1n) is 11.4. The number of aromatic nitrogens is 3. The van der Waals surface area contributed by atoms with E-state index in [-0.39, 0.29) is 35.0 Å². The Morgan fingerprint density at radius 2 is 1.82 bits per heavy atom. The number of halogens is 5. The summed E-state index contributed by atoms with van der Waals surface area (Å²) >= 11 is 12.3. The molecule has 6 nitrogen and oxygen atoms in total. The minimum Gasteiger partial charge on any atom is -0.494 e. The molecule has 0 aliphatic heterocycles. The Morgan fingerprint density at radius 1 is 1.05 bits per heavy atom. The summed E-state index contributed by atoms with van der Waals surface area (Å²) in [6.45, 7) is 1.76. The fourth-order valence-corrected chi connectivity index (χ4v) is 4.69. The van der Waals surface area contributed by atoms with Crippen molar-refractivity contribution < 1.29 is 27.2 Å². The molecular weight excluding hydrogens is 542 g/mol. The number of nitrogens with zero attached hydrogens (tertiary/aromatic N) is 3. The zero-order valence-electron chi connectivity index (χ0n) is 19.7. The van der Waals surface area contributed by atoms with Gasteiger partial charge in [0.15, 0.2) is 0 Å². The maximum absolute atomic E-state index is 14.7. The molecule has 0 radical (unpaired) electrons. The molecular formula is C27H18Cl2F3N3O3. The number of fused-ring (bicyclic) bond motifs is 1. The van der Waals surface area contributed by atoms with Crippen LogP contribution in [-0.4, -0.2) is 27.1 Å². The Balaban J connectivity index is 1.73. The van der Waals surface area contributed by atoms with Gasteiger partial charge in [-0.05, 0) is 55.0 Å². The van der Waals surface area contributed by atoms with Gasteiger partial charge in [-0.1, -0.05) is 52.6 Å². The minimum atomic E-state index is -4.92. The average Bonchev–Trinajstić information content (AvgIpc) is 3.49. The molecule has 0 saturated heterocycles. The standard InChI is InChI=1S/C27H18Cl2F3N3O3/c1-2-37-18-10-11-21-19(13-18)22(23(36)25-33-26(38-34-25)15-6-4-3-5-7-15)24(27(30,31)32)35(21)14-16-8-9-17(28)12-20(16)29/h3-13H,2,14H2,1H3. The maximum Gasteiger partial charge on any atom is 0.432 e. The van der Waals surface area contributed by atoms with Crippen LogP contribution in [0.1, 0.15) is 34.4 Å². The van der Waals surface area contributed by atoms with Gasteiger partial charge < -0.3 is 13.8 Å². The molecule has 0 fully saturated rings. The van der Waals surface area contributed by atoms with E-state index in [0.29, 0.717) is 21.9 Å². The van der Waals surface area contributed by atoms with Crippen molar-refractivity contribution in [3.8, 4) is 17.2 Å². The summed E-state index contributed by atoms with van der Waals surface area (Å²) in [6, 6.07) is 17.5. The second-order valence-corrected chi connectivity index (χ2v) is 9.12. The van der Waals surface area contributed by atoms with Crippen molar-refractivity contribution in [1.29, 1.82) is 0 Å². The number of carbonyl (C=O) groups excluding carboxylic acids is 1. The van der Waals surface area contributed by atoms with Crippen molar-refractivity contribution in [1.82, 2.24) is 14.7 Å². The molecule has 0 spiro atoms. The molecule has 3 aromatic carbocycles. The zero-order valence-corrected chi connectivity index (χ0v) is 21.2. The number of hydrogen-bond donors (Lipinski definition) is 0. The van der Waals surface area contributed by atoms with Gasteiger partial charge in [-0.2, -0.15) is 18.2 Å². The molecule has 0 unspecified atom stereocenters. The molecule has 0 bridgehead atoms. The summed E-state index contributed by atoms with van der Waals surface area (Å²) in [5.74, 6) is -1.22. The van der Waals surface area contributed by atoms with Gasteiger partial charge in [-0.25, -0.2) is 0 Å². The van der Waals surface area contributed by atoms with Crippen molar-refractivity contribution in [2.45, 2.75) is 19.6 Å². The number of rotatable bonds is 7. The number of ketones is 1. The van der Waals surface area contributed by atoms with Gasteiger partial charge in [0.05, 0.1) is 12.2 Å². The zero-order chi connectivity index (χ0) is 27.0. The van der Waals surface area contributed by atoms with Crippen LogP contribution in [0.25, 0.3) is 22.4 Å². The van der Waals surface area contributed by atoms with E-state index in [0.717, 1.165) is 4.57 Å². The van der Waals surface area contributed by atoms with Crippen LogP contribution in [-0.2, 0) is 12.7 Å². The average molecular weight is 560 g/mol. The van der Waals surface area contributed by atoms with Crippen LogP contribution in [0.5, 0.6) is 5.75 Å². The van der Waals surface area contributed by atoms with Crippen LogP contribution in [0.15, 0.2) is 71.3 Å². The molecule has 2 heterocycles. The van der Waals surface area contributed by atoms with Crippen molar-refractivity contribution in [2.75, 3.05) is 6.61 Å². The Morgan fingerprint density at radius 3 is 2.50 bits per heavy atom. The highest BCUT2D eigenvalue weighted by atomic mass is 35.5. The van der Waals surface area contributed by atoms with Gasteiger partial charge in [0, 0.05) is 33.1 Å². The van der Waals surface area contributed by atoms with Gasteiger partial charge in [0.25, 0.3) is 5.89 Å². The van der Waals surface area contributed by atoms with Crippen LogP contribution in [0.4, 0.5) is 13.2 Å². The summed E-state index contributed by atoms with van der Waals surface area (Å²) in [4.78, 5) is 17.7. The summed E-state index contributed by atoms with van der Waals surface area (Å²) in [5.41, 5.74) is -0.712. The lowest BCUT2D eigenvalue weighted by atomic mass is 10.0. The van der Waals surface area contributed by atoms with E-state index in [9.17, 15) is 18.0 Å². The van der Waals surface area contributed by atoms with Crippen LogP contribution in [0.3, 0.4) is 0 Å². The van der Waals surface area contributed by atoms with Crippen molar-refractivity contribution in [2.24, 2.45) is 0 Å². The number of alkyl halides is 3. The molecule has 194 valence electrons.